The third kappa shape index (κ3) is 5.58. The lowest BCUT2D eigenvalue weighted by atomic mass is 9.95. The van der Waals surface area contributed by atoms with Crippen LogP contribution in [0.15, 0.2) is 63.5 Å². The van der Waals surface area contributed by atoms with Gasteiger partial charge in [0.05, 0.1) is 35.6 Å². The van der Waals surface area contributed by atoms with Crippen LogP contribution in [0.5, 0.6) is 11.5 Å². The number of para-hydroxylation sites is 1. The molecule has 3 aromatic rings. The van der Waals surface area contributed by atoms with Crippen molar-refractivity contribution in [2.24, 2.45) is 4.99 Å². The molecule has 1 aliphatic heterocycles. The number of carbonyl (C=O) groups is 1. The van der Waals surface area contributed by atoms with Crippen LogP contribution in [-0.4, -0.2) is 44.1 Å². The first-order valence-corrected chi connectivity index (χ1v) is 13.2. The fourth-order valence-corrected chi connectivity index (χ4v) is 5.36. The number of methoxy groups -OCH3 is 2. The Morgan fingerprint density at radius 1 is 1.13 bits per heavy atom. The van der Waals surface area contributed by atoms with Crippen LogP contribution in [-0.2, 0) is 14.3 Å². The van der Waals surface area contributed by atoms with E-state index in [2.05, 4.69) is 4.99 Å². The van der Waals surface area contributed by atoms with E-state index in [1.54, 1.807) is 18.6 Å². The fourth-order valence-electron chi connectivity index (χ4n) is 4.32. The molecule has 0 unspecified atom stereocenters. The van der Waals surface area contributed by atoms with Gasteiger partial charge in [0.2, 0.25) is 0 Å². The molecule has 0 radical (unpaired) electrons. The maximum absolute atomic E-state index is 13.9. The Morgan fingerprint density at radius 3 is 2.58 bits per heavy atom. The standard InChI is InChI=1S/C29H32N2O6S/c1-17(2)37-23-10-8-7-9-22(23)26-25(28(33)36-14-13-34-5)19(4)30-29-31(26)27(32)24(38-29)16-20-11-12-21(35-6)15-18(20)3/h7-12,15-17,26H,13-14H2,1-6H3/b24-16+/t26-/m1/s1. The molecule has 2 aromatic carbocycles. The minimum atomic E-state index is -0.768. The highest BCUT2D eigenvalue weighted by atomic mass is 32.1. The fraction of sp³-hybridized carbons (Fsp3) is 0.345. The van der Waals surface area contributed by atoms with Crippen molar-refractivity contribution < 1.29 is 23.7 Å². The molecule has 200 valence electrons. The van der Waals surface area contributed by atoms with Crippen molar-refractivity contribution in [1.82, 2.24) is 4.57 Å². The van der Waals surface area contributed by atoms with E-state index in [1.807, 2.05) is 69.3 Å². The molecule has 1 aromatic heterocycles. The normalized spacial score (nSPS) is 15.3. The first-order valence-electron chi connectivity index (χ1n) is 12.3. The Kier molecular flexibility index (Phi) is 8.48. The first-order chi connectivity index (χ1) is 18.2. The molecule has 2 heterocycles. The van der Waals surface area contributed by atoms with E-state index in [9.17, 15) is 9.59 Å². The highest BCUT2D eigenvalue weighted by Crippen LogP contribution is 2.36. The molecule has 8 nitrogen and oxygen atoms in total. The van der Waals surface area contributed by atoms with Crippen LogP contribution < -0.4 is 24.4 Å². The van der Waals surface area contributed by atoms with Crippen molar-refractivity contribution >= 4 is 23.4 Å². The van der Waals surface area contributed by atoms with Crippen LogP contribution >= 0.6 is 11.3 Å². The second-order valence-corrected chi connectivity index (χ2v) is 10.1. The Hall–Kier alpha value is -3.69. The molecule has 0 N–H and O–H groups in total. The van der Waals surface area contributed by atoms with Crippen LogP contribution in [0.3, 0.4) is 0 Å². The zero-order valence-corrected chi connectivity index (χ0v) is 23.3. The van der Waals surface area contributed by atoms with Gasteiger partial charge in [0.25, 0.3) is 5.56 Å². The number of esters is 1. The number of thiazole rings is 1. The molecule has 9 heteroatoms. The molecule has 0 aliphatic carbocycles. The number of carbonyl (C=O) groups excluding carboxylic acids is 1. The third-order valence-corrected chi connectivity index (χ3v) is 7.08. The van der Waals surface area contributed by atoms with E-state index >= 15 is 0 Å². The van der Waals surface area contributed by atoms with Gasteiger partial charge in [-0.1, -0.05) is 35.6 Å². The Bertz CT molecular complexity index is 1550. The van der Waals surface area contributed by atoms with Crippen molar-refractivity contribution in [3.05, 3.63) is 90.1 Å². The highest BCUT2D eigenvalue weighted by Gasteiger charge is 2.35. The number of fused-ring (bicyclic) bond motifs is 1. The summed E-state index contributed by atoms with van der Waals surface area (Å²) in [5.74, 6) is 0.785. The molecule has 0 bridgehead atoms. The summed E-state index contributed by atoms with van der Waals surface area (Å²) in [6.07, 6.45) is 1.74. The van der Waals surface area contributed by atoms with E-state index in [0.717, 1.165) is 16.9 Å². The van der Waals surface area contributed by atoms with Crippen LogP contribution in [0.1, 0.15) is 43.5 Å². The predicted molar refractivity (Wildman–Crippen MR) is 147 cm³/mol. The van der Waals surface area contributed by atoms with Gasteiger partial charge in [-0.05, 0) is 63.1 Å². The minimum Gasteiger partial charge on any atom is -0.497 e. The van der Waals surface area contributed by atoms with Gasteiger partial charge in [0.15, 0.2) is 4.80 Å². The van der Waals surface area contributed by atoms with E-state index in [0.29, 0.717) is 31.9 Å². The Balaban J connectivity index is 1.93. The van der Waals surface area contributed by atoms with Crippen molar-refractivity contribution in [3.8, 4) is 11.5 Å². The van der Waals surface area contributed by atoms with Gasteiger partial charge < -0.3 is 18.9 Å². The maximum Gasteiger partial charge on any atom is 0.338 e. The second-order valence-electron chi connectivity index (χ2n) is 9.14. The molecule has 0 fully saturated rings. The van der Waals surface area contributed by atoms with Gasteiger partial charge in [-0.25, -0.2) is 9.79 Å². The first kappa shape index (κ1) is 27.3. The molecular weight excluding hydrogens is 504 g/mol. The van der Waals surface area contributed by atoms with Gasteiger partial charge in [0.1, 0.15) is 24.1 Å². The van der Waals surface area contributed by atoms with E-state index in [4.69, 9.17) is 18.9 Å². The third-order valence-electron chi connectivity index (χ3n) is 6.10. The number of aryl methyl sites for hydroxylation is 1. The summed E-state index contributed by atoms with van der Waals surface area (Å²) in [6, 6.07) is 12.4. The van der Waals surface area contributed by atoms with Crippen LogP contribution in [0.2, 0.25) is 0 Å². The lowest BCUT2D eigenvalue weighted by Crippen LogP contribution is -2.40. The molecule has 1 aliphatic rings. The highest BCUT2D eigenvalue weighted by molar-refractivity contribution is 7.07. The molecule has 0 spiro atoms. The zero-order valence-electron chi connectivity index (χ0n) is 22.4. The summed E-state index contributed by atoms with van der Waals surface area (Å²) in [5, 5.41) is 0. The molecule has 1 atom stereocenters. The summed E-state index contributed by atoms with van der Waals surface area (Å²) in [4.78, 5) is 32.4. The number of rotatable bonds is 9. The Labute approximate surface area is 225 Å². The molecule has 0 saturated carbocycles. The number of hydrogen-bond acceptors (Lipinski definition) is 8. The second kappa shape index (κ2) is 11.8. The monoisotopic (exact) mass is 536 g/mol. The lowest BCUT2D eigenvalue weighted by Gasteiger charge is -2.27. The van der Waals surface area contributed by atoms with Gasteiger partial charge >= 0.3 is 5.97 Å². The summed E-state index contributed by atoms with van der Waals surface area (Å²) < 4.78 is 24.0. The average molecular weight is 537 g/mol. The van der Waals surface area contributed by atoms with Crippen molar-refractivity contribution in [2.45, 2.75) is 39.8 Å². The minimum absolute atomic E-state index is 0.0874. The lowest BCUT2D eigenvalue weighted by molar-refractivity contribution is -0.140. The predicted octanol–water partition coefficient (Wildman–Crippen LogP) is 3.53. The quantitative estimate of drug-likeness (QED) is 0.307. The summed E-state index contributed by atoms with van der Waals surface area (Å²) in [7, 11) is 3.16. The number of benzene rings is 2. The number of aromatic nitrogens is 1. The van der Waals surface area contributed by atoms with Crippen LogP contribution in [0, 0.1) is 6.92 Å². The molecule has 4 rings (SSSR count). The summed E-state index contributed by atoms with van der Waals surface area (Å²) in [5.41, 5.74) is 3.09. The van der Waals surface area contributed by atoms with Gasteiger partial charge in [-0.3, -0.25) is 9.36 Å². The maximum atomic E-state index is 13.9. The zero-order chi connectivity index (χ0) is 27.4. The summed E-state index contributed by atoms with van der Waals surface area (Å²) in [6.45, 7) is 7.93. The number of nitrogens with zero attached hydrogens (tertiary/aromatic N) is 2. The van der Waals surface area contributed by atoms with E-state index in [1.165, 1.54) is 18.4 Å². The Morgan fingerprint density at radius 2 is 1.89 bits per heavy atom. The van der Waals surface area contributed by atoms with Gasteiger partial charge in [0, 0.05) is 12.7 Å². The topological polar surface area (TPSA) is 88.4 Å². The summed E-state index contributed by atoms with van der Waals surface area (Å²) >= 11 is 1.28. The smallest absolute Gasteiger partial charge is 0.338 e. The van der Waals surface area contributed by atoms with Crippen molar-refractivity contribution in [1.29, 1.82) is 0 Å². The van der Waals surface area contributed by atoms with Crippen molar-refractivity contribution in [3.63, 3.8) is 0 Å². The molecular formula is C29H32N2O6S. The largest absolute Gasteiger partial charge is 0.497 e. The SMILES string of the molecule is COCCOC(=O)C1=C(C)N=c2s/c(=C/c3ccc(OC)cc3C)c(=O)n2[C@@H]1c1ccccc1OC(C)C. The van der Waals surface area contributed by atoms with E-state index < -0.39 is 12.0 Å². The van der Waals surface area contributed by atoms with E-state index in [-0.39, 0.29) is 24.9 Å². The molecule has 0 saturated heterocycles. The average Bonchev–Trinajstić information content (AvgIpc) is 3.18. The van der Waals surface area contributed by atoms with Crippen LogP contribution in [0.25, 0.3) is 6.08 Å². The van der Waals surface area contributed by atoms with Gasteiger partial charge in [-0.2, -0.15) is 0 Å². The number of allylic oxidation sites excluding steroid dienone is 1. The molecule has 38 heavy (non-hydrogen) atoms. The van der Waals surface area contributed by atoms with Crippen LogP contribution in [0.4, 0.5) is 0 Å². The number of hydrogen-bond donors (Lipinski definition) is 0. The number of ether oxygens (including phenoxy) is 4. The molecule has 0 amide bonds. The van der Waals surface area contributed by atoms with Gasteiger partial charge in [-0.15, -0.1) is 0 Å². The van der Waals surface area contributed by atoms with Crippen molar-refractivity contribution in [2.75, 3.05) is 27.4 Å².